The lowest BCUT2D eigenvalue weighted by Gasteiger charge is -2.24. The highest BCUT2D eigenvalue weighted by atomic mass is 16.1. The smallest absolute Gasteiger partial charge is 0.170 e. The molecule has 3 heteroatoms. The molecule has 0 radical (unpaired) electrons. The van der Waals surface area contributed by atoms with Gasteiger partial charge in [0, 0.05) is 18.2 Å². The van der Waals surface area contributed by atoms with Gasteiger partial charge in [-0.3, -0.25) is 4.79 Å². The number of carbonyl (C=O) groups excluding carboxylic acids is 1. The Labute approximate surface area is 84.1 Å². The average molecular weight is 192 g/mol. The van der Waals surface area contributed by atoms with E-state index in [9.17, 15) is 4.79 Å². The molecule has 0 spiro atoms. The normalized spacial score (nSPS) is 20.6. The Balaban J connectivity index is 2.55. The number of hydrogen-bond acceptors (Lipinski definition) is 2. The summed E-state index contributed by atoms with van der Waals surface area (Å²) in [6.07, 6.45) is 5.19. The number of fused-ring (bicyclic) bond motifs is 1. The molecular weight excluding hydrogens is 176 g/mol. The van der Waals surface area contributed by atoms with E-state index in [2.05, 4.69) is 23.4 Å². The number of aromatic nitrogens is 2. The molecule has 0 aromatic carbocycles. The molecule has 0 fully saturated rings. The average Bonchev–Trinajstić information content (AvgIpc) is 2.57. The monoisotopic (exact) mass is 192 g/mol. The van der Waals surface area contributed by atoms with E-state index < -0.39 is 0 Å². The summed E-state index contributed by atoms with van der Waals surface area (Å²) in [5, 5.41) is 0. The Morgan fingerprint density at radius 1 is 1.64 bits per heavy atom. The Kier molecular flexibility index (Phi) is 2.40. The van der Waals surface area contributed by atoms with E-state index in [-0.39, 0.29) is 0 Å². The summed E-state index contributed by atoms with van der Waals surface area (Å²) in [6, 6.07) is 0.509. The first-order valence-electron chi connectivity index (χ1n) is 5.33. The van der Waals surface area contributed by atoms with Crippen molar-refractivity contribution in [2.24, 2.45) is 0 Å². The molecule has 0 aliphatic carbocycles. The van der Waals surface area contributed by atoms with Crippen LogP contribution in [0, 0.1) is 0 Å². The SMILES string of the molecule is CCc1nc(C=O)c2n1C(C)CCC2. The van der Waals surface area contributed by atoms with Crippen LogP contribution >= 0.6 is 0 Å². The van der Waals surface area contributed by atoms with Gasteiger partial charge in [-0.05, 0) is 26.2 Å². The molecular formula is C11H16N2O. The number of carbonyl (C=O) groups is 1. The Bertz CT molecular complexity index is 354. The summed E-state index contributed by atoms with van der Waals surface area (Å²) in [6.45, 7) is 4.30. The Morgan fingerprint density at radius 2 is 2.43 bits per heavy atom. The van der Waals surface area contributed by atoms with Gasteiger partial charge in [0.05, 0.1) is 0 Å². The summed E-state index contributed by atoms with van der Waals surface area (Å²) >= 11 is 0. The largest absolute Gasteiger partial charge is 0.329 e. The Morgan fingerprint density at radius 3 is 3.07 bits per heavy atom. The minimum absolute atomic E-state index is 0.509. The lowest BCUT2D eigenvalue weighted by molar-refractivity contribution is 0.111. The first-order valence-corrected chi connectivity index (χ1v) is 5.33. The second-order valence-corrected chi connectivity index (χ2v) is 3.94. The highest BCUT2D eigenvalue weighted by Gasteiger charge is 2.22. The summed E-state index contributed by atoms with van der Waals surface area (Å²) in [4.78, 5) is 15.2. The Hall–Kier alpha value is -1.12. The van der Waals surface area contributed by atoms with E-state index in [1.165, 1.54) is 12.8 Å². The van der Waals surface area contributed by atoms with Gasteiger partial charge in [-0.1, -0.05) is 6.92 Å². The van der Waals surface area contributed by atoms with Gasteiger partial charge in [0.1, 0.15) is 11.5 Å². The molecule has 1 aliphatic heterocycles. The molecule has 1 aromatic heterocycles. The fraction of sp³-hybridized carbons (Fsp3) is 0.636. The fourth-order valence-corrected chi connectivity index (χ4v) is 2.34. The van der Waals surface area contributed by atoms with Crippen LogP contribution in [0.1, 0.15) is 54.7 Å². The first kappa shape index (κ1) is 9.44. The van der Waals surface area contributed by atoms with Gasteiger partial charge in [0.2, 0.25) is 0 Å². The minimum atomic E-state index is 0.509. The molecule has 0 N–H and O–H groups in total. The summed E-state index contributed by atoms with van der Waals surface area (Å²) in [7, 11) is 0. The first-order chi connectivity index (χ1) is 6.77. The molecule has 76 valence electrons. The summed E-state index contributed by atoms with van der Waals surface area (Å²) in [5.41, 5.74) is 1.81. The van der Waals surface area contributed by atoms with Gasteiger partial charge in [-0.25, -0.2) is 4.98 Å². The maximum atomic E-state index is 10.8. The van der Waals surface area contributed by atoms with Crippen LogP contribution in [-0.4, -0.2) is 15.8 Å². The molecule has 1 aromatic rings. The quantitative estimate of drug-likeness (QED) is 0.673. The molecule has 3 nitrogen and oxygen atoms in total. The highest BCUT2D eigenvalue weighted by molar-refractivity contribution is 5.74. The number of aryl methyl sites for hydroxylation is 1. The maximum Gasteiger partial charge on any atom is 0.170 e. The molecule has 1 aliphatic rings. The third-order valence-corrected chi connectivity index (χ3v) is 3.02. The third kappa shape index (κ3) is 1.27. The van der Waals surface area contributed by atoms with E-state index in [4.69, 9.17) is 0 Å². The van der Waals surface area contributed by atoms with Crippen molar-refractivity contribution in [3.05, 3.63) is 17.2 Å². The molecule has 14 heavy (non-hydrogen) atoms. The molecule has 0 amide bonds. The molecule has 2 rings (SSSR count). The van der Waals surface area contributed by atoms with Crippen LogP contribution < -0.4 is 0 Å². The van der Waals surface area contributed by atoms with E-state index in [0.717, 1.165) is 30.6 Å². The van der Waals surface area contributed by atoms with E-state index in [1.54, 1.807) is 0 Å². The van der Waals surface area contributed by atoms with Gasteiger partial charge in [0.15, 0.2) is 6.29 Å². The standard InChI is InChI=1S/C11H16N2O/c1-3-11-12-9(7-14)10-6-4-5-8(2)13(10)11/h7-8H,3-6H2,1-2H3. The summed E-state index contributed by atoms with van der Waals surface area (Å²) in [5.74, 6) is 1.06. The molecule has 1 atom stereocenters. The third-order valence-electron chi connectivity index (χ3n) is 3.02. The van der Waals surface area contributed by atoms with Crippen molar-refractivity contribution in [1.82, 2.24) is 9.55 Å². The molecule has 0 saturated carbocycles. The summed E-state index contributed by atoms with van der Waals surface area (Å²) < 4.78 is 2.26. The zero-order valence-electron chi connectivity index (χ0n) is 8.79. The second kappa shape index (κ2) is 3.56. The molecule has 2 heterocycles. The van der Waals surface area contributed by atoms with Crippen molar-refractivity contribution in [3.63, 3.8) is 0 Å². The number of aldehydes is 1. The van der Waals surface area contributed by atoms with Crippen molar-refractivity contribution in [3.8, 4) is 0 Å². The van der Waals surface area contributed by atoms with Crippen molar-refractivity contribution in [1.29, 1.82) is 0 Å². The number of imidazole rings is 1. The highest BCUT2D eigenvalue weighted by Crippen LogP contribution is 2.28. The molecule has 1 unspecified atom stereocenters. The van der Waals surface area contributed by atoms with Crippen molar-refractivity contribution >= 4 is 6.29 Å². The second-order valence-electron chi connectivity index (χ2n) is 3.94. The van der Waals surface area contributed by atoms with Crippen molar-refractivity contribution in [2.45, 2.75) is 45.6 Å². The van der Waals surface area contributed by atoms with Gasteiger partial charge in [0.25, 0.3) is 0 Å². The predicted molar refractivity (Wildman–Crippen MR) is 54.6 cm³/mol. The lowest BCUT2D eigenvalue weighted by atomic mass is 10.0. The van der Waals surface area contributed by atoms with E-state index in [0.29, 0.717) is 11.7 Å². The fourth-order valence-electron chi connectivity index (χ4n) is 2.34. The van der Waals surface area contributed by atoms with Gasteiger partial charge in [-0.15, -0.1) is 0 Å². The van der Waals surface area contributed by atoms with E-state index >= 15 is 0 Å². The van der Waals surface area contributed by atoms with Crippen molar-refractivity contribution in [2.75, 3.05) is 0 Å². The van der Waals surface area contributed by atoms with Crippen LogP contribution in [0.2, 0.25) is 0 Å². The van der Waals surface area contributed by atoms with Crippen LogP contribution in [-0.2, 0) is 12.8 Å². The number of rotatable bonds is 2. The van der Waals surface area contributed by atoms with Crippen LogP contribution in [0.4, 0.5) is 0 Å². The predicted octanol–water partition coefficient (Wildman–Crippen LogP) is 2.16. The maximum absolute atomic E-state index is 10.8. The zero-order chi connectivity index (χ0) is 10.1. The topological polar surface area (TPSA) is 34.9 Å². The van der Waals surface area contributed by atoms with Gasteiger partial charge < -0.3 is 4.57 Å². The van der Waals surface area contributed by atoms with Gasteiger partial charge in [-0.2, -0.15) is 0 Å². The number of nitrogens with zero attached hydrogens (tertiary/aromatic N) is 2. The van der Waals surface area contributed by atoms with Crippen LogP contribution in [0.25, 0.3) is 0 Å². The lowest BCUT2D eigenvalue weighted by Crippen LogP contribution is -2.17. The zero-order valence-corrected chi connectivity index (χ0v) is 8.79. The van der Waals surface area contributed by atoms with Crippen LogP contribution in [0.15, 0.2) is 0 Å². The number of hydrogen-bond donors (Lipinski definition) is 0. The molecule has 0 saturated heterocycles. The van der Waals surface area contributed by atoms with Crippen LogP contribution in [0.5, 0.6) is 0 Å². The van der Waals surface area contributed by atoms with Crippen LogP contribution in [0.3, 0.4) is 0 Å². The van der Waals surface area contributed by atoms with Crippen molar-refractivity contribution < 1.29 is 4.79 Å². The van der Waals surface area contributed by atoms with Gasteiger partial charge >= 0.3 is 0 Å². The van der Waals surface area contributed by atoms with E-state index in [1.807, 2.05) is 0 Å². The molecule has 0 bridgehead atoms. The minimum Gasteiger partial charge on any atom is -0.329 e.